The van der Waals surface area contributed by atoms with E-state index in [1.54, 1.807) is 13.8 Å². The van der Waals surface area contributed by atoms with Crippen LogP contribution in [-0.4, -0.2) is 58.3 Å². The van der Waals surface area contributed by atoms with Crippen LogP contribution < -0.4 is 15.8 Å². The lowest BCUT2D eigenvalue weighted by Gasteiger charge is -2.42. The quantitative estimate of drug-likeness (QED) is 0.649. The Hall–Kier alpha value is -1.81. The van der Waals surface area contributed by atoms with Crippen LogP contribution in [0.3, 0.4) is 0 Å². The maximum absolute atomic E-state index is 13.8. The first-order valence-electron chi connectivity index (χ1n) is 11.7. The number of aromatic nitrogens is 2. The second-order valence-electron chi connectivity index (χ2n) is 8.75. The van der Waals surface area contributed by atoms with Gasteiger partial charge in [-0.2, -0.15) is 18.2 Å². The maximum atomic E-state index is 13.8. The molecule has 1 aromatic rings. The van der Waals surface area contributed by atoms with Crippen molar-refractivity contribution in [2.24, 2.45) is 11.8 Å². The zero-order valence-electron chi connectivity index (χ0n) is 19.3. The van der Waals surface area contributed by atoms with E-state index in [4.69, 9.17) is 4.74 Å². The molecule has 3 aliphatic rings. The minimum absolute atomic E-state index is 0.0416. The first-order valence-corrected chi connectivity index (χ1v) is 11.7. The Labute approximate surface area is 187 Å². The number of alkyl halides is 3. The Bertz CT molecular complexity index is 841. The van der Waals surface area contributed by atoms with Gasteiger partial charge in [0.1, 0.15) is 11.9 Å². The number of hydrogen-bond acceptors (Lipinski definition) is 6. The van der Waals surface area contributed by atoms with Crippen molar-refractivity contribution < 1.29 is 23.0 Å². The van der Waals surface area contributed by atoms with Gasteiger partial charge in [-0.3, -0.25) is 9.36 Å². The normalized spacial score (nSPS) is 26.7. The molecule has 2 aliphatic heterocycles. The number of β-amino-alcohol motifs (C(OH)–C–C–N with tert-alkyl or cyclic N) is 1. The summed E-state index contributed by atoms with van der Waals surface area (Å²) in [6, 6.07) is -0.476. The van der Waals surface area contributed by atoms with Gasteiger partial charge in [-0.25, -0.2) is 0 Å². The first-order chi connectivity index (χ1) is 15.1. The Balaban J connectivity index is 0.00000141. The summed E-state index contributed by atoms with van der Waals surface area (Å²) in [6.45, 7) is 8.38. The van der Waals surface area contributed by atoms with Gasteiger partial charge in [0, 0.05) is 19.2 Å². The third kappa shape index (κ3) is 5.06. The summed E-state index contributed by atoms with van der Waals surface area (Å²) in [4.78, 5) is 18.1. The number of fused-ring (bicyclic) bond motifs is 2. The monoisotopic (exact) mass is 460 g/mol. The Morgan fingerprint density at radius 1 is 1.28 bits per heavy atom. The highest BCUT2D eigenvalue weighted by Crippen LogP contribution is 2.48. The lowest BCUT2D eigenvalue weighted by molar-refractivity contribution is -0.154. The van der Waals surface area contributed by atoms with E-state index < -0.39 is 23.4 Å². The van der Waals surface area contributed by atoms with Crippen molar-refractivity contribution in [3.05, 3.63) is 16.4 Å². The highest BCUT2D eigenvalue weighted by molar-refractivity contribution is 5.45. The molecule has 10 heteroatoms. The summed E-state index contributed by atoms with van der Waals surface area (Å²) in [5.74, 6) is 1.33. The van der Waals surface area contributed by atoms with Crippen LogP contribution in [0.25, 0.3) is 0 Å². The average Bonchev–Trinajstić information content (AvgIpc) is 3.44. The third-order valence-corrected chi connectivity index (χ3v) is 6.87. The fourth-order valence-corrected chi connectivity index (χ4v) is 4.58. The number of halogens is 3. The van der Waals surface area contributed by atoms with Gasteiger partial charge < -0.3 is 20.1 Å². The molecule has 0 radical (unpaired) electrons. The van der Waals surface area contributed by atoms with Crippen LogP contribution in [0.2, 0.25) is 0 Å². The molecule has 0 spiro atoms. The van der Waals surface area contributed by atoms with E-state index in [9.17, 15) is 23.1 Å². The zero-order valence-corrected chi connectivity index (χ0v) is 19.3. The number of hydrogen-bond donors (Lipinski definition) is 2. The van der Waals surface area contributed by atoms with Crippen molar-refractivity contribution in [1.29, 1.82) is 0 Å². The standard InChI is InChI=1S/C20H29F3N4O3.C2H6/c1-3-19(29,4-2)11-27-15(20(21,22)23)5-6-26-17(28)8-16(25-18(26)27)24-9-14-13-7-12(13)10-30-14;1-2/h8,12-15,24,29H,3-7,9-11H2,1-2H3;1-2H3. The maximum Gasteiger partial charge on any atom is 0.408 e. The molecule has 1 saturated heterocycles. The minimum Gasteiger partial charge on any atom is -0.388 e. The van der Waals surface area contributed by atoms with Crippen molar-refractivity contribution in [2.45, 2.75) is 83.8 Å². The predicted molar refractivity (Wildman–Crippen MR) is 117 cm³/mol. The van der Waals surface area contributed by atoms with Gasteiger partial charge in [0.05, 0.1) is 24.9 Å². The van der Waals surface area contributed by atoms with Crippen LogP contribution in [0, 0.1) is 11.8 Å². The van der Waals surface area contributed by atoms with Crippen LogP contribution in [0.15, 0.2) is 10.9 Å². The van der Waals surface area contributed by atoms with Crippen LogP contribution >= 0.6 is 0 Å². The number of nitrogens with zero attached hydrogens (tertiary/aromatic N) is 3. The highest BCUT2D eigenvalue weighted by Gasteiger charge is 2.50. The van der Waals surface area contributed by atoms with Crippen LogP contribution in [0.4, 0.5) is 24.9 Å². The van der Waals surface area contributed by atoms with Gasteiger partial charge in [0.25, 0.3) is 5.56 Å². The number of rotatable bonds is 7. The van der Waals surface area contributed by atoms with Crippen molar-refractivity contribution >= 4 is 11.8 Å². The van der Waals surface area contributed by atoms with E-state index in [1.165, 1.54) is 10.6 Å². The molecule has 4 unspecified atom stereocenters. The summed E-state index contributed by atoms with van der Waals surface area (Å²) in [5.41, 5.74) is -1.70. The number of anilines is 2. The molecule has 32 heavy (non-hydrogen) atoms. The molecule has 0 amide bonds. The van der Waals surface area contributed by atoms with Crippen LogP contribution in [-0.2, 0) is 11.3 Å². The number of aliphatic hydroxyl groups is 1. The van der Waals surface area contributed by atoms with Crippen molar-refractivity contribution in [3.63, 3.8) is 0 Å². The largest absolute Gasteiger partial charge is 0.408 e. The molecule has 0 aromatic carbocycles. The molecule has 2 fully saturated rings. The fourth-order valence-electron chi connectivity index (χ4n) is 4.58. The highest BCUT2D eigenvalue weighted by atomic mass is 19.4. The van der Waals surface area contributed by atoms with E-state index in [0.717, 1.165) is 17.9 Å². The number of nitrogens with one attached hydrogen (secondary N) is 1. The van der Waals surface area contributed by atoms with Gasteiger partial charge in [-0.05, 0) is 37.5 Å². The van der Waals surface area contributed by atoms with Gasteiger partial charge in [-0.1, -0.05) is 27.7 Å². The molecule has 4 atom stereocenters. The molecule has 1 aromatic heterocycles. The summed E-state index contributed by atoms with van der Waals surface area (Å²) in [7, 11) is 0. The Kier molecular flexibility index (Phi) is 7.44. The van der Waals surface area contributed by atoms with Crippen LogP contribution in [0.1, 0.15) is 53.4 Å². The second kappa shape index (κ2) is 9.59. The molecular weight excluding hydrogens is 425 g/mol. The molecule has 0 bridgehead atoms. The molecule has 1 saturated carbocycles. The predicted octanol–water partition coefficient (Wildman–Crippen LogP) is 3.41. The van der Waals surface area contributed by atoms with Gasteiger partial charge in [0.2, 0.25) is 5.95 Å². The number of ether oxygens (including phenoxy) is 1. The lowest BCUT2D eigenvalue weighted by atomic mass is 9.95. The Morgan fingerprint density at radius 3 is 2.50 bits per heavy atom. The molecule has 3 heterocycles. The third-order valence-electron chi connectivity index (χ3n) is 6.87. The molecule has 7 nitrogen and oxygen atoms in total. The van der Waals surface area contributed by atoms with E-state index in [-0.39, 0.29) is 37.4 Å². The van der Waals surface area contributed by atoms with E-state index >= 15 is 0 Å². The topological polar surface area (TPSA) is 79.6 Å². The van der Waals surface area contributed by atoms with E-state index in [0.29, 0.717) is 31.2 Å². The Morgan fingerprint density at radius 2 is 1.97 bits per heavy atom. The van der Waals surface area contributed by atoms with E-state index in [2.05, 4.69) is 10.3 Å². The van der Waals surface area contributed by atoms with Crippen LogP contribution in [0.5, 0.6) is 0 Å². The molecule has 1 aliphatic carbocycles. The molecule has 4 rings (SSSR count). The smallest absolute Gasteiger partial charge is 0.388 e. The van der Waals surface area contributed by atoms with E-state index in [1.807, 2.05) is 13.8 Å². The summed E-state index contributed by atoms with van der Waals surface area (Å²) < 4.78 is 48.4. The average molecular weight is 461 g/mol. The minimum atomic E-state index is -4.49. The van der Waals surface area contributed by atoms with Gasteiger partial charge in [0.15, 0.2) is 0 Å². The summed E-state index contributed by atoms with van der Waals surface area (Å²) in [6.07, 6.45) is -2.97. The SMILES string of the molecule is CC.CCC(O)(CC)CN1c2nc(NCC3OCC4CC43)cc(=O)n2CCC1C(F)(F)F. The first kappa shape index (κ1) is 24.8. The van der Waals surface area contributed by atoms with Crippen molar-refractivity contribution in [2.75, 3.05) is 29.9 Å². The lowest BCUT2D eigenvalue weighted by Crippen LogP contribution is -2.57. The van der Waals surface area contributed by atoms with Gasteiger partial charge in [-0.15, -0.1) is 0 Å². The molecule has 182 valence electrons. The van der Waals surface area contributed by atoms with Gasteiger partial charge >= 0.3 is 6.18 Å². The van der Waals surface area contributed by atoms with Crippen molar-refractivity contribution in [3.8, 4) is 0 Å². The fraction of sp³-hybridized carbons (Fsp3) is 0.818. The molecular formula is C22H35F3N4O3. The summed E-state index contributed by atoms with van der Waals surface area (Å²) >= 11 is 0. The second-order valence-corrected chi connectivity index (χ2v) is 8.75. The molecule has 2 N–H and O–H groups in total. The zero-order chi connectivity index (χ0) is 23.7. The summed E-state index contributed by atoms with van der Waals surface area (Å²) in [5, 5.41) is 13.8. The van der Waals surface area contributed by atoms with Crippen molar-refractivity contribution in [1.82, 2.24) is 9.55 Å².